The first kappa shape index (κ1) is 14.7. The van der Waals surface area contributed by atoms with Crippen LogP contribution in [0.5, 0.6) is 0 Å². The number of aromatic nitrogens is 2. The summed E-state index contributed by atoms with van der Waals surface area (Å²) in [6.45, 7) is 1.96. The summed E-state index contributed by atoms with van der Waals surface area (Å²) in [5, 5.41) is 7.40. The fourth-order valence-electron chi connectivity index (χ4n) is 3.04. The maximum absolute atomic E-state index is 12.4. The van der Waals surface area contributed by atoms with Gasteiger partial charge in [-0.25, -0.2) is 4.68 Å². The fourth-order valence-corrected chi connectivity index (χ4v) is 3.04. The highest BCUT2D eigenvalue weighted by molar-refractivity contribution is 5.95. The molecule has 2 atom stereocenters. The van der Waals surface area contributed by atoms with Crippen molar-refractivity contribution in [3.05, 3.63) is 78.1 Å². The smallest absolute Gasteiger partial charge is 0.228 e. The number of hydrogen-bond acceptors (Lipinski definition) is 2. The lowest BCUT2D eigenvalue weighted by Crippen LogP contribution is -2.14. The molecule has 4 nitrogen and oxygen atoms in total. The predicted octanol–water partition coefficient (Wildman–Crippen LogP) is 3.92. The molecule has 0 unspecified atom stereocenters. The third-order valence-electron chi connectivity index (χ3n) is 4.48. The molecular weight excluding hydrogens is 298 g/mol. The number of anilines is 1. The second kappa shape index (κ2) is 5.96. The number of nitrogens with one attached hydrogen (secondary N) is 1. The van der Waals surface area contributed by atoms with Crippen molar-refractivity contribution in [1.82, 2.24) is 9.78 Å². The third-order valence-corrected chi connectivity index (χ3v) is 4.48. The molecule has 0 spiro atoms. The summed E-state index contributed by atoms with van der Waals surface area (Å²) in [5.74, 6) is 0.546. The van der Waals surface area contributed by atoms with Crippen LogP contribution in [0.15, 0.2) is 66.9 Å². The molecule has 1 heterocycles. The van der Waals surface area contributed by atoms with E-state index in [1.54, 1.807) is 0 Å². The van der Waals surface area contributed by atoms with Crippen LogP contribution in [-0.2, 0) is 4.79 Å². The Morgan fingerprint density at radius 1 is 1.08 bits per heavy atom. The molecule has 4 heteroatoms. The van der Waals surface area contributed by atoms with Crippen LogP contribution < -0.4 is 5.32 Å². The van der Waals surface area contributed by atoms with E-state index in [2.05, 4.69) is 22.5 Å². The molecule has 3 aromatic rings. The average Bonchev–Trinajstić information content (AvgIpc) is 3.31. The van der Waals surface area contributed by atoms with Crippen molar-refractivity contribution in [3.63, 3.8) is 0 Å². The number of rotatable bonds is 4. The summed E-state index contributed by atoms with van der Waals surface area (Å²) in [5.41, 5.74) is 4.04. The highest BCUT2D eigenvalue weighted by Gasteiger charge is 2.43. The summed E-state index contributed by atoms with van der Waals surface area (Å²) in [6.07, 6.45) is 2.86. The minimum Gasteiger partial charge on any atom is -0.326 e. The second-order valence-electron chi connectivity index (χ2n) is 6.30. The third kappa shape index (κ3) is 2.95. The molecule has 1 aliphatic carbocycles. The van der Waals surface area contributed by atoms with Crippen molar-refractivity contribution < 1.29 is 4.79 Å². The van der Waals surface area contributed by atoms with Gasteiger partial charge in [-0.1, -0.05) is 30.3 Å². The molecule has 1 N–H and O–H groups in total. The predicted molar refractivity (Wildman–Crippen MR) is 94.2 cm³/mol. The van der Waals surface area contributed by atoms with E-state index in [0.717, 1.165) is 23.5 Å². The topological polar surface area (TPSA) is 46.9 Å². The maximum atomic E-state index is 12.4. The first-order valence-corrected chi connectivity index (χ1v) is 8.19. The van der Waals surface area contributed by atoms with E-state index in [4.69, 9.17) is 0 Å². The molecule has 120 valence electrons. The molecule has 1 aromatic heterocycles. The Morgan fingerprint density at radius 2 is 1.83 bits per heavy atom. The van der Waals surface area contributed by atoms with Crippen LogP contribution in [-0.4, -0.2) is 15.7 Å². The summed E-state index contributed by atoms with van der Waals surface area (Å²) < 4.78 is 1.83. The van der Waals surface area contributed by atoms with Gasteiger partial charge in [0.1, 0.15) is 0 Å². The standard InChI is InChI=1S/C20H19N3O/c1-14-11-12-23(22-14)17-9-7-16(8-10-17)21-20(24)19-13-18(19)15-5-3-2-4-6-15/h2-12,18-19H,13H2,1H3,(H,21,24)/t18-,19+/m1/s1. The zero-order chi connectivity index (χ0) is 16.5. The quantitative estimate of drug-likeness (QED) is 0.792. The molecule has 0 saturated heterocycles. The molecule has 1 fully saturated rings. The average molecular weight is 317 g/mol. The molecular formula is C20H19N3O. The molecule has 2 aromatic carbocycles. The zero-order valence-electron chi connectivity index (χ0n) is 13.5. The number of benzene rings is 2. The number of amides is 1. The van der Waals surface area contributed by atoms with Crippen LogP contribution in [0.2, 0.25) is 0 Å². The molecule has 0 bridgehead atoms. The number of aryl methyl sites for hydroxylation is 1. The van der Waals surface area contributed by atoms with Gasteiger partial charge in [0.15, 0.2) is 0 Å². The summed E-state index contributed by atoms with van der Waals surface area (Å²) >= 11 is 0. The Morgan fingerprint density at radius 3 is 2.50 bits per heavy atom. The number of carbonyl (C=O) groups is 1. The Labute approximate surface area is 141 Å². The maximum Gasteiger partial charge on any atom is 0.228 e. The molecule has 1 amide bonds. The van der Waals surface area contributed by atoms with Gasteiger partial charge in [0.2, 0.25) is 5.91 Å². The van der Waals surface area contributed by atoms with Crippen LogP contribution in [0.4, 0.5) is 5.69 Å². The van der Waals surface area contributed by atoms with Gasteiger partial charge in [-0.05, 0) is 55.2 Å². The van der Waals surface area contributed by atoms with E-state index in [9.17, 15) is 4.79 Å². The molecule has 1 saturated carbocycles. The normalized spacial score (nSPS) is 19.0. The van der Waals surface area contributed by atoms with Crippen LogP contribution in [0.3, 0.4) is 0 Å². The molecule has 0 radical (unpaired) electrons. The highest BCUT2D eigenvalue weighted by atomic mass is 16.2. The van der Waals surface area contributed by atoms with Crippen LogP contribution in [0.1, 0.15) is 23.6 Å². The van der Waals surface area contributed by atoms with Crippen LogP contribution in [0, 0.1) is 12.8 Å². The number of carbonyl (C=O) groups excluding carboxylic acids is 1. The van der Waals surface area contributed by atoms with Gasteiger partial charge < -0.3 is 5.32 Å². The van der Waals surface area contributed by atoms with Crippen molar-refractivity contribution >= 4 is 11.6 Å². The van der Waals surface area contributed by atoms with Crippen molar-refractivity contribution in [3.8, 4) is 5.69 Å². The SMILES string of the molecule is Cc1ccn(-c2ccc(NC(=O)[C@H]3C[C@@H]3c3ccccc3)cc2)n1. The van der Waals surface area contributed by atoms with Crippen LogP contribution in [0.25, 0.3) is 5.69 Å². The Hall–Kier alpha value is -2.88. The van der Waals surface area contributed by atoms with Gasteiger partial charge >= 0.3 is 0 Å². The van der Waals surface area contributed by atoms with E-state index in [-0.39, 0.29) is 11.8 Å². The van der Waals surface area contributed by atoms with E-state index in [0.29, 0.717) is 5.92 Å². The summed E-state index contributed by atoms with van der Waals surface area (Å²) in [4.78, 5) is 12.4. The summed E-state index contributed by atoms with van der Waals surface area (Å²) in [7, 11) is 0. The second-order valence-corrected chi connectivity index (χ2v) is 6.30. The van der Waals surface area contributed by atoms with Crippen molar-refractivity contribution in [2.75, 3.05) is 5.32 Å². The Bertz CT molecular complexity index is 852. The fraction of sp³-hybridized carbons (Fsp3) is 0.200. The van der Waals surface area contributed by atoms with Crippen LogP contribution >= 0.6 is 0 Å². The highest BCUT2D eigenvalue weighted by Crippen LogP contribution is 2.47. The van der Waals surface area contributed by atoms with Gasteiger partial charge in [0.05, 0.1) is 11.4 Å². The Kier molecular flexibility index (Phi) is 3.65. The molecule has 4 rings (SSSR count). The molecule has 0 aliphatic heterocycles. The lowest BCUT2D eigenvalue weighted by atomic mass is 10.1. The van der Waals surface area contributed by atoms with E-state index in [1.807, 2.05) is 66.3 Å². The summed E-state index contributed by atoms with van der Waals surface area (Å²) in [6, 6.07) is 20.0. The lowest BCUT2D eigenvalue weighted by molar-refractivity contribution is -0.117. The lowest BCUT2D eigenvalue weighted by Gasteiger charge is -2.07. The first-order chi connectivity index (χ1) is 11.7. The minimum atomic E-state index is 0.0841. The molecule has 24 heavy (non-hydrogen) atoms. The minimum absolute atomic E-state index is 0.0841. The van der Waals surface area contributed by atoms with Gasteiger partial charge in [-0.15, -0.1) is 0 Å². The Balaban J connectivity index is 1.40. The largest absolute Gasteiger partial charge is 0.326 e. The van der Waals surface area contributed by atoms with Crippen molar-refractivity contribution in [2.24, 2.45) is 5.92 Å². The first-order valence-electron chi connectivity index (χ1n) is 8.19. The van der Waals surface area contributed by atoms with Crippen molar-refractivity contribution in [1.29, 1.82) is 0 Å². The van der Waals surface area contributed by atoms with E-state index >= 15 is 0 Å². The van der Waals surface area contributed by atoms with Gasteiger partial charge in [-0.3, -0.25) is 4.79 Å². The van der Waals surface area contributed by atoms with Gasteiger partial charge in [0.25, 0.3) is 0 Å². The zero-order valence-corrected chi connectivity index (χ0v) is 13.5. The van der Waals surface area contributed by atoms with Gasteiger partial charge in [0, 0.05) is 17.8 Å². The molecule has 1 aliphatic rings. The van der Waals surface area contributed by atoms with Crippen molar-refractivity contribution in [2.45, 2.75) is 19.3 Å². The van der Waals surface area contributed by atoms with E-state index < -0.39 is 0 Å². The van der Waals surface area contributed by atoms with E-state index in [1.165, 1.54) is 5.56 Å². The monoisotopic (exact) mass is 317 g/mol. The van der Waals surface area contributed by atoms with Gasteiger partial charge in [-0.2, -0.15) is 5.10 Å². The number of hydrogen-bond donors (Lipinski definition) is 1. The number of nitrogens with zero attached hydrogens (tertiary/aromatic N) is 2.